The van der Waals surface area contributed by atoms with Crippen LogP contribution in [0.4, 0.5) is 5.82 Å². The van der Waals surface area contributed by atoms with E-state index in [2.05, 4.69) is 22.2 Å². The first-order valence-electron chi connectivity index (χ1n) is 6.32. The zero-order chi connectivity index (χ0) is 13.0. The fourth-order valence-corrected chi connectivity index (χ4v) is 2.39. The van der Waals surface area contributed by atoms with Crippen molar-refractivity contribution in [3.63, 3.8) is 0 Å². The molecule has 2 heterocycles. The summed E-state index contributed by atoms with van der Waals surface area (Å²) in [5, 5.41) is 3.77. The van der Waals surface area contributed by atoms with Gasteiger partial charge in [0.15, 0.2) is 0 Å². The van der Waals surface area contributed by atoms with Gasteiger partial charge in [0, 0.05) is 32.8 Å². The molecule has 5 heteroatoms. The van der Waals surface area contributed by atoms with Crippen molar-refractivity contribution in [2.45, 2.75) is 25.4 Å². The largest absolute Gasteiger partial charge is 0.381 e. The lowest BCUT2D eigenvalue weighted by atomic mass is 10.1. The average molecular weight is 270 g/mol. The molecule has 1 aliphatic rings. The molecule has 0 unspecified atom stereocenters. The van der Waals surface area contributed by atoms with Gasteiger partial charge >= 0.3 is 0 Å². The maximum Gasteiger partial charge on any atom is 0.126 e. The molecule has 100 valence electrons. The van der Waals surface area contributed by atoms with Gasteiger partial charge < -0.3 is 10.1 Å². The molecule has 1 aromatic rings. The first-order chi connectivity index (χ1) is 8.70. The van der Waals surface area contributed by atoms with E-state index in [9.17, 15) is 0 Å². The fraction of sp³-hybridized carbons (Fsp3) is 0.615. The molecule has 0 saturated carbocycles. The van der Waals surface area contributed by atoms with Crippen LogP contribution in [0.25, 0.3) is 0 Å². The Morgan fingerprint density at radius 1 is 1.44 bits per heavy atom. The Morgan fingerprint density at radius 3 is 2.83 bits per heavy atom. The number of ether oxygens (including phenoxy) is 1. The van der Waals surface area contributed by atoms with Gasteiger partial charge in [-0.1, -0.05) is 11.6 Å². The molecule has 0 spiro atoms. The lowest BCUT2D eigenvalue weighted by Crippen LogP contribution is -2.36. The van der Waals surface area contributed by atoms with E-state index >= 15 is 0 Å². The highest BCUT2D eigenvalue weighted by Crippen LogP contribution is 2.21. The van der Waals surface area contributed by atoms with Crippen molar-refractivity contribution in [1.29, 1.82) is 0 Å². The number of nitrogens with one attached hydrogen (secondary N) is 1. The van der Waals surface area contributed by atoms with Gasteiger partial charge in [0.25, 0.3) is 0 Å². The quantitative estimate of drug-likeness (QED) is 0.911. The zero-order valence-corrected chi connectivity index (χ0v) is 11.7. The third-order valence-electron chi connectivity index (χ3n) is 3.39. The van der Waals surface area contributed by atoms with Crippen LogP contribution in [-0.4, -0.2) is 43.2 Å². The van der Waals surface area contributed by atoms with E-state index in [0.29, 0.717) is 6.04 Å². The number of nitrogens with zero attached hydrogens (tertiary/aromatic N) is 2. The van der Waals surface area contributed by atoms with E-state index < -0.39 is 0 Å². The number of aromatic nitrogens is 1. The highest BCUT2D eigenvalue weighted by molar-refractivity contribution is 6.31. The molecular weight excluding hydrogens is 250 g/mol. The molecule has 4 nitrogen and oxygen atoms in total. The van der Waals surface area contributed by atoms with Crippen LogP contribution < -0.4 is 5.32 Å². The second-order valence-electron chi connectivity index (χ2n) is 4.63. The van der Waals surface area contributed by atoms with Crippen molar-refractivity contribution in [2.24, 2.45) is 0 Å². The number of pyridine rings is 1. The molecule has 0 amide bonds. The lowest BCUT2D eigenvalue weighted by molar-refractivity contribution is 0.0403. The number of hydrogen-bond donors (Lipinski definition) is 1. The Morgan fingerprint density at radius 2 is 2.17 bits per heavy atom. The number of rotatable bonds is 4. The van der Waals surface area contributed by atoms with Crippen LogP contribution in [0.15, 0.2) is 12.1 Å². The fourth-order valence-electron chi connectivity index (χ4n) is 2.23. The van der Waals surface area contributed by atoms with Gasteiger partial charge in [0.2, 0.25) is 0 Å². The van der Waals surface area contributed by atoms with Gasteiger partial charge in [-0.2, -0.15) is 0 Å². The normalized spacial score (nSPS) is 17.1. The third-order valence-corrected chi connectivity index (χ3v) is 3.73. The van der Waals surface area contributed by atoms with E-state index in [1.54, 1.807) is 0 Å². The molecule has 18 heavy (non-hydrogen) atoms. The summed E-state index contributed by atoms with van der Waals surface area (Å²) in [6.45, 7) is 2.48. The van der Waals surface area contributed by atoms with E-state index in [-0.39, 0.29) is 0 Å². The van der Waals surface area contributed by atoms with Gasteiger partial charge in [-0.05, 0) is 32.0 Å². The minimum Gasteiger partial charge on any atom is -0.381 e. The smallest absolute Gasteiger partial charge is 0.126 e. The van der Waals surface area contributed by atoms with Crippen molar-refractivity contribution >= 4 is 17.4 Å². The monoisotopic (exact) mass is 269 g/mol. The van der Waals surface area contributed by atoms with E-state index in [1.165, 1.54) is 0 Å². The van der Waals surface area contributed by atoms with Crippen LogP contribution in [0, 0.1) is 0 Å². The topological polar surface area (TPSA) is 37.4 Å². The van der Waals surface area contributed by atoms with Gasteiger partial charge in [-0.3, -0.25) is 4.90 Å². The summed E-state index contributed by atoms with van der Waals surface area (Å²) in [5.74, 6) is 0.856. The molecular formula is C13H20ClN3O. The number of hydrogen-bond acceptors (Lipinski definition) is 4. The van der Waals surface area contributed by atoms with Crippen LogP contribution in [0.2, 0.25) is 5.02 Å². The molecule has 2 rings (SSSR count). The predicted octanol–water partition coefficient (Wildman–Crippen LogP) is 2.39. The molecule has 0 aliphatic carbocycles. The summed E-state index contributed by atoms with van der Waals surface area (Å²) < 4.78 is 5.38. The molecule has 1 saturated heterocycles. The van der Waals surface area contributed by atoms with Crippen molar-refractivity contribution < 1.29 is 4.74 Å². The first-order valence-corrected chi connectivity index (χ1v) is 6.69. The highest BCUT2D eigenvalue weighted by atomic mass is 35.5. The standard InChI is InChI=1S/C13H20ClN3O/c1-15-13-4-3-11(14)12(16-13)9-17(2)10-5-7-18-8-6-10/h3-4,10H,5-9H2,1-2H3,(H,15,16). The molecule has 0 aromatic carbocycles. The molecule has 0 radical (unpaired) electrons. The minimum absolute atomic E-state index is 0.565. The highest BCUT2D eigenvalue weighted by Gasteiger charge is 2.19. The molecule has 0 atom stereocenters. The minimum atomic E-state index is 0.565. The number of halogens is 1. The second-order valence-corrected chi connectivity index (χ2v) is 5.04. The van der Waals surface area contributed by atoms with Crippen molar-refractivity contribution in [3.05, 3.63) is 22.8 Å². The van der Waals surface area contributed by atoms with Gasteiger partial charge in [0.1, 0.15) is 5.82 Å². The molecule has 0 bridgehead atoms. The second kappa shape index (κ2) is 6.36. The SMILES string of the molecule is CNc1ccc(Cl)c(CN(C)C2CCOCC2)n1. The van der Waals surface area contributed by atoms with E-state index in [0.717, 1.165) is 49.1 Å². The summed E-state index contributed by atoms with van der Waals surface area (Å²) in [4.78, 5) is 6.83. The maximum absolute atomic E-state index is 6.19. The summed E-state index contributed by atoms with van der Waals surface area (Å²) in [5.41, 5.74) is 0.928. The van der Waals surface area contributed by atoms with E-state index in [1.807, 2.05) is 19.2 Å². The van der Waals surface area contributed by atoms with Crippen LogP contribution >= 0.6 is 11.6 Å². The molecule has 1 aromatic heterocycles. The van der Waals surface area contributed by atoms with Crippen LogP contribution in [-0.2, 0) is 11.3 Å². The Hall–Kier alpha value is -0.840. The molecule has 1 aliphatic heterocycles. The average Bonchev–Trinajstić information content (AvgIpc) is 2.42. The Balaban J connectivity index is 2.03. The van der Waals surface area contributed by atoms with Crippen LogP contribution in [0.1, 0.15) is 18.5 Å². The van der Waals surface area contributed by atoms with Crippen LogP contribution in [0.3, 0.4) is 0 Å². The zero-order valence-electron chi connectivity index (χ0n) is 10.9. The summed E-state index contributed by atoms with van der Waals surface area (Å²) >= 11 is 6.19. The molecule has 1 N–H and O–H groups in total. The predicted molar refractivity (Wildman–Crippen MR) is 74.1 cm³/mol. The summed E-state index contributed by atoms with van der Waals surface area (Å²) in [7, 11) is 3.99. The molecule has 1 fully saturated rings. The first kappa shape index (κ1) is 13.6. The van der Waals surface area contributed by atoms with Crippen LogP contribution in [0.5, 0.6) is 0 Å². The Bertz CT molecular complexity index is 394. The Labute approximate surface area is 113 Å². The Kier molecular flexibility index (Phi) is 4.80. The maximum atomic E-state index is 6.19. The summed E-state index contributed by atoms with van der Waals surface area (Å²) in [6, 6.07) is 4.35. The van der Waals surface area contributed by atoms with Crippen molar-refractivity contribution in [3.8, 4) is 0 Å². The number of anilines is 1. The van der Waals surface area contributed by atoms with Gasteiger partial charge in [0.05, 0.1) is 10.7 Å². The van der Waals surface area contributed by atoms with Crippen molar-refractivity contribution in [2.75, 3.05) is 32.6 Å². The van der Waals surface area contributed by atoms with Crippen molar-refractivity contribution in [1.82, 2.24) is 9.88 Å². The summed E-state index contributed by atoms with van der Waals surface area (Å²) in [6.07, 6.45) is 2.17. The third kappa shape index (κ3) is 3.34. The van der Waals surface area contributed by atoms with Gasteiger partial charge in [-0.15, -0.1) is 0 Å². The lowest BCUT2D eigenvalue weighted by Gasteiger charge is -2.31. The van der Waals surface area contributed by atoms with E-state index in [4.69, 9.17) is 16.3 Å². The van der Waals surface area contributed by atoms with Gasteiger partial charge in [-0.25, -0.2) is 4.98 Å².